The van der Waals surface area contributed by atoms with Gasteiger partial charge in [-0.1, -0.05) is 12.1 Å². The van der Waals surface area contributed by atoms with Gasteiger partial charge in [-0.3, -0.25) is 10.1 Å². The van der Waals surface area contributed by atoms with Crippen LogP contribution in [0.3, 0.4) is 0 Å². The summed E-state index contributed by atoms with van der Waals surface area (Å²) in [6.07, 6.45) is 0. The van der Waals surface area contributed by atoms with Crippen LogP contribution in [-0.2, 0) is 0 Å². The lowest BCUT2D eigenvalue weighted by molar-refractivity contribution is -0.386. The van der Waals surface area contributed by atoms with E-state index in [1.54, 1.807) is 18.5 Å². The van der Waals surface area contributed by atoms with Crippen molar-refractivity contribution in [3.8, 4) is 5.69 Å². The van der Waals surface area contributed by atoms with Gasteiger partial charge in [-0.05, 0) is 38.5 Å². The normalized spacial score (nSPS) is 10.5. The van der Waals surface area contributed by atoms with E-state index in [2.05, 4.69) is 5.10 Å². The molecule has 0 N–H and O–H groups in total. The van der Waals surface area contributed by atoms with E-state index in [0.717, 1.165) is 11.3 Å². The molecule has 0 aliphatic rings. The zero-order chi connectivity index (χ0) is 12.6. The van der Waals surface area contributed by atoms with Gasteiger partial charge in [0.05, 0.1) is 10.6 Å². The number of rotatable bonds is 2. The predicted octanol–water partition coefficient (Wildman–Crippen LogP) is 2.71. The molecule has 0 fully saturated rings. The third-order valence-corrected chi connectivity index (χ3v) is 2.68. The summed E-state index contributed by atoms with van der Waals surface area (Å²) >= 11 is 0. The van der Waals surface area contributed by atoms with E-state index in [9.17, 15) is 10.1 Å². The Morgan fingerprint density at radius 1 is 1.29 bits per heavy atom. The van der Waals surface area contributed by atoms with Gasteiger partial charge >= 0.3 is 5.69 Å². The summed E-state index contributed by atoms with van der Waals surface area (Å²) in [7, 11) is 0. The van der Waals surface area contributed by atoms with Crippen LogP contribution in [0.5, 0.6) is 0 Å². The average Bonchev–Trinajstić information content (AvgIpc) is 2.54. The number of nitro groups is 1. The topological polar surface area (TPSA) is 61.0 Å². The maximum atomic E-state index is 10.9. The molecule has 2 aromatic rings. The minimum Gasteiger partial charge on any atom is -0.258 e. The first kappa shape index (κ1) is 11.3. The molecule has 0 atom stereocenters. The highest BCUT2D eigenvalue weighted by Crippen LogP contribution is 2.24. The summed E-state index contributed by atoms with van der Waals surface area (Å²) < 4.78 is 1.61. The first-order valence-electron chi connectivity index (χ1n) is 5.28. The number of hydrogen-bond acceptors (Lipinski definition) is 3. The van der Waals surface area contributed by atoms with Crippen molar-refractivity contribution in [1.29, 1.82) is 0 Å². The molecule has 1 aromatic heterocycles. The summed E-state index contributed by atoms with van der Waals surface area (Å²) in [5.74, 6) is 0. The van der Waals surface area contributed by atoms with Crippen molar-refractivity contribution in [2.75, 3.05) is 0 Å². The molecule has 0 unspecified atom stereocenters. The molecule has 17 heavy (non-hydrogen) atoms. The van der Waals surface area contributed by atoms with Gasteiger partial charge in [-0.25, -0.2) is 4.68 Å². The van der Waals surface area contributed by atoms with Crippen molar-refractivity contribution in [2.24, 2.45) is 0 Å². The van der Waals surface area contributed by atoms with E-state index in [-0.39, 0.29) is 10.6 Å². The van der Waals surface area contributed by atoms with Gasteiger partial charge in [-0.2, -0.15) is 5.10 Å². The van der Waals surface area contributed by atoms with Crippen LogP contribution in [-0.4, -0.2) is 14.7 Å². The van der Waals surface area contributed by atoms with Crippen LogP contribution in [0.1, 0.15) is 17.0 Å². The molecule has 5 nitrogen and oxygen atoms in total. The van der Waals surface area contributed by atoms with Gasteiger partial charge in [0.1, 0.15) is 11.4 Å². The maximum Gasteiger partial charge on any atom is 0.313 e. The second-order valence-corrected chi connectivity index (χ2v) is 4.03. The van der Waals surface area contributed by atoms with Crippen LogP contribution >= 0.6 is 0 Å². The maximum absolute atomic E-state index is 10.9. The van der Waals surface area contributed by atoms with Crippen LogP contribution < -0.4 is 0 Å². The van der Waals surface area contributed by atoms with Crippen LogP contribution in [0, 0.1) is 30.9 Å². The number of aromatic nitrogens is 2. The van der Waals surface area contributed by atoms with Crippen molar-refractivity contribution in [3.63, 3.8) is 0 Å². The lowest BCUT2D eigenvalue weighted by Gasteiger charge is -2.03. The molecule has 0 radical (unpaired) electrons. The summed E-state index contributed by atoms with van der Waals surface area (Å²) in [5, 5.41) is 15.1. The highest BCUT2D eigenvalue weighted by atomic mass is 16.6. The van der Waals surface area contributed by atoms with E-state index >= 15 is 0 Å². The molecule has 2 rings (SSSR count). The van der Waals surface area contributed by atoms with Crippen molar-refractivity contribution in [3.05, 3.63) is 51.3 Å². The minimum absolute atomic E-state index is 0.0894. The van der Waals surface area contributed by atoms with Crippen LogP contribution in [0.15, 0.2) is 24.3 Å². The summed E-state index contributed by atoms with van der Waals surface area (Å²) in [4.78, 5) is 10.5. The summed E-state index contributed by atoms with van der Waals surface area (Å²) in [6.45, 7) is 5.33. The smallest absolute Gasteiger partial charge is 0.258 e. The predicted molar refractivity (Wildman–Crippen MR) is 64.4 cm³/mol. The van der Waals surface area contributed by atoms with E-state index in [4.69, 9.17) is 0 Å². The number of hydrogen-bond donors (Lipinski definition) is 0. The Morgan fingerprint density at radius 3 is 2.53 bits per heavy atom. The Bertz CT molecular complexity index is 587. The molecular weight excluding hydrogens is 218 g/mol. The molecule has 88 valence electrons. The second-order valence-electron chi connectivity index (χ2n) is 4.03. The van der Waals surface area contributed by atoms with Crippen molar-refractivity contribution < 1.29 is 4.92 Å². The number of benzene rings is 1. The Hall–Kier alpha value is -2.17. The van der Waals surface area contributed by atoms with E-state index in [1.165, 1.54) is 0 Å². The average molecular weight is 231 g/mol. The van der Waals surface area contributed by atoms with Gasteiger partial charge in [0.2, 0.25) is 0 Å². The first-order chi connectivity index (χ1) is 8.00. The second kappa shape index (κ2) is 4.01. The third kappa shape index (κ3) is 1.91. The molecule has 0 aliphatic carbocycles. The van der Waals surface area contributed by atoms with Crippen molar-refractivity contribution >= 4 is 5.69 Å². The fraction of sp³-hybridized carbons (Fsp3) is 0.250. The zero-order valence-electron chi connectivity index (χ0n) is 9.97. The number of aryl methyl sites for hydroxylation is 2. The molecular formula is C12H13N3O2. The van der Waals surface area contributed by atoms with Gasteiger partial charge < -0.3 is 0 Å². The van der Waals surface area contributed by atoms with Crippen molar-refractivity contribution in [2.45, 2.75) is 20.8 Å². The molecule has 0 bridgehead atoms. The van der Waals surface area contributed by atoms with Crippen LogP contribution in [0.2, 0.25) is 0 Å². The Kier molecular flexibility index (Phi) is 2.67. The first-order valence-corrected chi connectivity index (χ1v) is 5.28. The molecule has 0 aliphatic heterocycles. The van der Waals surface area contributed by atoms with E-state index in [1.807, 2.05) is 31.2 Å². The molecule has 1 heterocycles. The van der Waals surface area contributed by atoms with Gasteiger partial charge in [0.15, 0.2) is 0 Å². The van der Waals surface area contributed by atoms with Gasteiger partial charge in [-0.15, -0.1) is 0 Å². The van der Waals surface area contributed by atoms with E-state index < -0.39 is 0 Å². The largest absolute Gasteiger partial charge is 0.313 e. The SMILES string of the molecule is Cc1cccc(-n2nc(C)c([N+](=O)[O-])c2C)c1. The standard InChI is InChI=1S/C12H13N3O2/c1-8-5-4-6-11(7-8)14-10(3)12(15(16)17)9(2)13-14/h4-7H,1-3H3. The molecule has 1 aromatic carbocycles. The highest BCUT2D eigenvalue weighted by molar-refractivity contribution is 5.45. The van der Waals surface area contributed by atoms with Gasteiger partial charge in [0.25, 0.3) is 0 Å². The zero-order valence-corrected chi connectivity index (χ0v) is 9.97. The van der Waals surface area contributed by atoms with Crippen LogP contribution in [0.4, 0.5) is 5.69 Å². The fourth-order valence-corrected chi connectivity index (χ4v) is 1.91. The lowest BCUT2D eigenvalue weighted by atomic mass is 10.2. The fourth-order valence-electron chi connectivity index (χ4n) is 1.91. The number of nitrogens with zero attached hydrogens (tertiary/aromatic N) is 3. The molecule has 5 heteroatoms. The van der Waals surface area contributed by atoms with Crippen molar-refractivity contribution in [1.82, 2.24) is 9.78 Å². The Balaban J connectivity index is 2.62. The van der Waals surface area contributed by atoms with Gasteiger partial charge in [0, 0.05) is 0 Å². The summed E-state index contributed by atoms with van der Waals surface area (Å²) in [6, 6.07) is 7.72. The minimum atomic E-state index is -0.385. The highest BCUT2D eigenvalue weighted by Gasteiger charge is 2.22. The lowest BCUT2D eigenvalue weighted by Crippen LogP contribution is -1.99. The molecule has 0 amide bonds. The Morgan fingerprint density at radius 2 is 2.00 bits per heavy atom. The molecule has 0 saturated carbocycles. The monoisotopic (exact) mass is 231 g/mol. The quantitative estimate of drug-likeness (QED) is 0.589. The third-order valence-electron chi connectivity index (χ3n) is 2.68. The Labute approximate surface area is 98.8 Å². The molecule has 0 saturated heterocycles. The van der Waals surface area contributed by atoms with Crippen LogP contribution in [0.25, 0.3) is 5.69 Å². The summed E-state index contributed by atoms with van der Waals surface area (Å²) in [5.41, 5.74) is 3.02. The molecule has 0 spiro atoms. The van der Waals surface area contributed by atoms with E-state index in [0.29, 0.717) is 11.4 Å².